The normalized spacial score (nSPS) is 13.5. The van der Waals surface area contributed by atoms with Gasteiger partial charge in [0.15, 0.2) is 0 Å². The van der Waals surface area contributed by atoms with E-state index in [1.165, 1.54) is 27.6 Å². The van der Waals surface area contributed by atoms with Crippen molar-refractivity contribution in [2.75, 3.05) is 0 Å². The third-order valence-electron chi connectivity index (χ3n) is 3.40. The van der Waals surface area contributed by atoms with E-state index in [4.69, 9.17) is 0 Å². The van der Waals surface area contributed by atoms with Gasteiger partial charge in [-0.3, -0.25) is 0 Å². The van der Waals surface area contributed by atoms with Gasteiger partial charge in [-0.1, -0.05) is 0 Å². The van der Waals surface area contributed by atoms with E-state index in [9.17, 15) is 0 Å². The molecule has 0 aliphatic carbocycles. The fraction of sp³-hybridized carbons (Fsp3) is 0.500. The quantitative estimate of drug-likeness (QED) is 0.489. The summed E-state index contributed by atoms with van der Waals surface area (Å²) >= 11 is -1.50. The fourth-order valence-corrected chi connectivity index (χ4v) is 18.9. The van der Waals surface area contributed by atoms with Crippen LogP contribution in [0.5, 0.6) is 0 Å². The van der Waals surface area contributed by atoms with Crippen molar-refractivity contribution in [3.8, 4) is 0 Å². The fourth-order valence-electron chi connectivity index (χ4n) is 2.64. The average Bonchev–Trinajstić information content (AvgIpc) is 2.88. The van der Waals surface area contributed by atoms with E-state index in [0.29, 0.717) is 0 Å². The SMILES string of the molecule is [CH3][Sn]([CH3])([CH3])[c]1c2nnsc2[c]([Sn]([CH3])([CH3])[CH3])c2nnsc12. The minimum atomic E-state index is -2.30. The molecule has 0 N–H and O–H groups in total. The molecule has 0 fully saturated rings. The van der Waals surface area contributed by atoms with Gasteiger partial charge in [-0.15, -0.1) is 0 Å². The Balaban J connectivity index is 2.60. The van der Waals surface area contributed by atoms with Gasteiger partial charge in [0.25, 0.3) is 0 Å². The molecule has 0 unspecified atom stereocenters. The molecule has 3 rings (SSSR count). The number of hydrogen-bond acceptors (Lipinski definition) is 6. The van der Waals surface area contributed by atoms with Crippen molar-refractivity contribution in [1.82, 2.24) is 19.2 Å². The van der Waals surface area contributed by atoms with Crippen molar-refractivity contribution in [2.24, 2.45) is 0 Å². The molecule has 0 aliphatic rings. The molecule has 0 spiro atoms. The number of benzene rings is 1. The molecule has 3 aromatic rings. The average molecular weight is 520 g/mol. The molecule has 0 atom stereocenters. The summed E-state index contributed by atoms with van der Waals surface area (Å²) in [7, 11) is 0. The summed E-state index contributed by atoms with van der Waals surface area (Å²) in [6, 6.07) is 0. The number of rotatable bonds is 2. The molecule has 0 amide bonds. The summed E-state index contributed by atoms with van der Waals surface area (Å²) in [5.41, 5.74) is 2.33. The van der Waals surface area contributed by atoms with Crippen LogP contribution in [0.25, 0.3) is 20.4 Å². The van der Waals surface area contributed by atoms with Crippen LogP contribution in [0, 0.1) is 0 Å². The molecule has 0 saturated heterocycles. The van der Waals surface area contributed by atoms with Gasteiger partial charge in [-0.2, -0.15) is 0 Å². The Morgan fingerprint density at radius 2 is 1.00 bits per heavy atom. The Kier molecular flexibility index (Phi) is 3.83. The Labute approximate surface area is 135 Å². The molecule has 106 valence electrons. The number of hydrogen-bond donors (Lipinski definition) is 0. The predicted molar refractivity (Wildman–Crippen MR) is 94.3 cm³/mol. The summed E-state index contributed by atoms with van der Waals surface area (Å²) in [6.45, 7) is 0. The second kappa shape index (κ2) is 4.99. The molecule has 0 radical (unpaired) electrons. The molecule has 20 heavy (non-hydrogen) atoms. The molecule has 0 saturated carbocycles. The van der Waals surface area contributed by atoms with E-state index in [1.807, 2.05) is 0 Å². The van der Waals surface area contributed by atoms with Gasteiger partial charge in [-0.05, 0) is 0 Å². The van der Waals surface area contributed by atoms with Crippen LogP contribution in [0.4, 0.5) is 0 Å². The van der Waals surface area contributed by atoms with E-state index in [1.54, 1.807) is 23.1 Å². The summed E-state index contributed by atoms with van der Waals surface area (Å²) in [4.78, 5) is 14.6. The van der Waals surface area contributed by atoms with Gasteiger partial charge in [0, 0.05) is 0 Å². The van der Waals surface area contributed by atoms with E-state index in [2.05, 4.69) is 48.8 Å². The van der Waals surface area contributed by atoms with Crippen LogP contribution in [-0.4, -0.2) is 55.9 Å². The molecule has 0 aliphatic heterocycles. The van der Waals surface area contributed by atoms with E-state index < -0.39 is 36.8 Å². The van der Waals surface area contributed by atoms with Crippen molar-refractivity contribution in [3.63, 3.8) is 0 Å². The molecule has 2 aromatic heterocycles. The van der Waals surface area contributed by atoms with Crippen molar-refractivity contribution in [2.45, 2.75) is 29.6 Å². The first kappa shape index (κ1) is 15.4. The number of nitrogens with zero attached hydrogens (tertiary/aromatic N) is 4. The van der Waals surface area contributed by atoms with Gasteiger partial charge < -0.3 is 0 Å². The summed E-state index contributed by atoms with van der Waals surface area (Å²) in [6.07, 6.45) is 0. The zero-order valence-corrected chi connectivity index (χ0v) is 19.9. The first-order valence-corrected chi connectivity index (χ1v) is 28.1. The van der Waals surface area contributed by atoms with Gasteiger partial charge in [-0.25, -0.2) is 0 Å². The molecule has 8 heteroatoms. The Bertz CT molecular complexity index is 681. The first-order valence-electron chi connectivity index (χ1n) is 6.62. The molecule has 1 aromatic carbocycles. The second-order valence-corrected chi connectivity index (χ2v) is 37.2. The molecule has 2 heterocycles. The summed E-state index contributed by atoms with van der Waals surface area (Å²) in [5.74, 6) is 0. The molecule has 0 bridgehead atoms. The minimum absolute atomic E-state index is 1.17. The monoisotopic (exact) mass is 522 g/mol. The standard InChI is InChI=1S/C6N4S2.6CH3.2Sn/c1-3-6(12-9-7-3)2-4-5(1)11-10-8-4;;;;;;;;/h;6*1H3;;. The third kappa shape index (κ3) is 2.40. The first-order chi connectivity index (χ1) is 9.21. The zero-order valence-electron chi connectivity index (χ0n) is 12.6. The van der Waals surface area contributed by atoms with Crippen LogP contribution in [0.15, 0.2) is 0 Å². The van der Waals surface area contributed by atoms with Crippen molar-refractivity contribution < 1.29 is 0 Å². The topological polar surface area (TPSA) is 51.6 Å². The zero-order chi connectivity index (χ0) is 14.7. The van der Waals surface area contributed by atoms with Crippen molar-refractivity contribution in [1.29, 1.82) is 0 Å². The van der Waals surface area contributed by atoms with Crippen LogP contribution in [0.2, 0.25) is 29.6 Å². The Morgan fingerprint density at radius 3 is 1.30 bits per heavy atom. The Hall–Kier alpha value is 0.457. The number of aromatic nitrogens is 4. The van der Waals surface area contributed by atoms with Crippen LogP contribution >= 0.6 is 23.1 Å². The maximum absolute atomic E-state index is 4.49. The van der Waals surface area contributed by atoms with Gasteiger partial charge >= 0.3 is 136 Å². The number of fused-ring (bicyclic) bond motifs is 2. The third-order valence-corrected chi connectivity index (χ3v) is 17.3. The van der Waals surface area contributed by atoms with Gasteiger partial charge in [0.1, 0.15) is 0 Å². The van der Waals surface area contributed by atoms with E-state index >= 15 is 0 Å². The second-order valence-electron chi connectivity index (χ2n) is 7.15. The van der Waals surface area contributed by atoms with E-state index in [-0.39, 0.29) is 0 Å². The van der Waals surface area contributed by atoms with Crippen LogP contribution < -0.4 is 7.16 Å². The van der Waals surface area contributed by atoms with Crippen LogP contribution in [-0.2, 0) is 0 Å². The van der Waals surface area contributed by atoms with Gasteiger partial charge in [0.05, 0.1) is 0 Å². The van der Waals surface area contributed by atoms with Gasteiger partial charge in [0.2, 0.25) is 0 Å². The summed E-state index contributed by atoms with van der Waals surface area (Å²) in [5, 5.41) is 8.99. The molecule has 4 nitrogen and oxygen atoms in total. The van der Waals surface area contributed by atoms with Crippen molar-refractivity contribution in [3.05, 3.63) is 0 Å². The van der Waals surface area contributed by atoms with Crippen molar-refractivity contribution >= 4 is 87.4 Å². The van der Waals surface area contributed by atoms with Crippen LogP contribution in [0.3, 0.4) is 0 Å². The molecular formula is C12H18N4S2Sn2. The Morgan fingerprint density at radius 1 is 0.650 bits per heavy atom. The van der Waals surface area contributed by atoms with Crippen LogP contribution in [0.1, 0.15) is 0 Å². The predicted octanol–water partition coefficient (Wildman–Crippen LogP) is 2.79. The molecular weight excluding hydrogens is 502 g/mol. The van der Waals surface area contributed by atoms with E-state index in [0.717, 1.165) is 0 Å². The maximum atomic E-state index is 4.49. The summed E-state index contributed by atoms with van der Waals surface area (Å²) < 4.78 is 14.1.